The lowest BCUT2D eigenvalue weighted by molar-refractivity contribution is -0.180. The van der Waals surface area contributed by atoms with Crippen molar-refractivity contribution in [2.24, 2.45) is 11.7 Å². The van der Waals surface area contributed by atoms with Gasteiger partial charge in [-0.2, -0.15) is 5.06 Å². The van der Waals surface area contributed by atoms with Crippen LogP contribution < -0.4 is 11.1 Å². The first-order chi connectivity index (χ1) is 15.4. The molecule has 0 bridgehead atoms. The van der Waals surface area contributed by atoms with E-state index >= 15 is 0 Å². The van der Waals surface area contributed by atoms with Crippen molar-refractivity contribution in [3.63, 3.8) is 0 Å². The largest absolute Gasteiger partial charge is 0.459 e. The molecular formula is C23H18BrN3O5. The molecule has 2 saturated heterocycles. The molecule has 0 spiro atoms. The van der Waals surface area contributed by atoms with E-state index in [1.54, 1.807) is 35.4 Å². The molecule has 3 aromatic rings. The van der Waals surface area contributed by atoms with Gasteiger partial charge in [0.25, 0.3) is 5.91 Å². The first-order valence-corrected chi connectivity index (χ1v) is 10.7. The molecule has 3 N–H and O–H groups in total. The predicted molar refractivity (Wildman–Crippen MR) is 117 cm³/mol. The predicted octanol–water partition coefficient (Wildman–Crippen LogP) is 2.94. The number of hydrogen-bond donors (Lipinski definition) is 2. The Kier molecular flexibility index (Phi) is 5.16. The van der Waals surface area contributed by atoms with Crippen LogP contribution in [0.4, 0.5) is 0 Å². The van der Waals surface area contributed by atoms with Crippen LogP contribution in [0.2, 0.25) is 0 Å². The molecule has 2 aliphatic rings. The van der Waals surface area contributed by atoms with Crippen LogP contribution in [0.5, 0.6) is 0 Å². The van der Waals surface area contributed by atoms with E-state index in [4.69, 9.17) is 15.0 Å². The number of amides is 3. The molecule has 3 atom stereocenters. The second-order valence-electron chi connectivity index (χ2n) is 7.70. The van der Waals surface area contributed by atoms with Crippen LogP contribution in [0.25, 0.3) is 11.3 Å². The lowest BCUT2D eigenvalue weighted by Gasteiger charge is -2.23. The highest BCUT2D eigenvalue weighted by atomic mass is 79.9. The topological polar surface area (TPSA) is 115 Å². The number of carbonyl (C=O) groups excluding carboxylic acids is 3. The Morgan fingerprint density at radius 1 is 1.00 bits per heavy atom. The summed E-state index contributed by atoms with van der Waals surface area (Å²) in [4.78, 5) is 42.0. The van der Waals surface area contributed by atoms with E-state index in [9.17, 15) is 14.4 Å². The van der Waals surface area contributed by atoms with E-state index in [0.29, 0.717) is 17.1 Å². The number of nitrogens with one attached hydrogen (secondary N) is 1. The number of furan rings is 1. The van der Waals surface area contributed by atoms with Crippen LogP contribution in [0, 0.1) is 5.92 Å². The van der Waals surface area contributed by atoms with Gasteiger partial charge in [-0.1, -0.05) is 40.2 Å². The van der Waals surface area contributed by atoms with Crippen LogP contribution in [-0.2, 0) is 21.0 Å². The van der Waals surface area contributed by atoms with Gasteiger partial charge in [0, 0.05) is 22.1 Å². The van der Waals surface area contributed by atoms with E-state index < -0.39 is 35.8 Å². The lowest BCUT2D eigenvalue weighted by Crippen LogP contribution is -2.32. The average Bonchev–Trinajstić information content (AvgIpc) is 3.45. The summed E-state index contributed by atoms with van der Waals surface area (Å²) >= 11 is 3.42. The number of benzene rings is 2. The third-order valence-electron chi connectivity index (χ3n) is 5.66. The van der Waals surface area contributed by atoms with Crippen LogP contribution in [0.3, 0.4) is 0 Å². The van der Waals surface area contributed by atoms with Crippen molar-refractivity contribution in [1.29, 1.82) is 0 Å². The molecule has 9 heteroatoms. The van der Waals surface area contributed by atoms with Gasteiger partial charge in [-0.25, -0.2) is 0 Å². The first kappa shape index (κ1) is 20.6. The van der Waals surface area contributed by atoms with Crippen molar-refractivity contribution in [2.75, 3.05) is 0 Å². The molecule has 0 saturated carbocycles. The molecule has 0 radical (unpaired) electrons. The van der Waals surface area contributed by atoms with Gasteiger partial charge in [0.05, 0.1) is 0 Å². The molecule has 3 heterocycles. The summed E-state index contributed by atoms with van der Waals surface area (Å²) in [5, 5.41) is 3.93. The molecule has 3 amide bonds. The number of primary amides is 1. The normalized spacial score (nSPS) is 22.7. The standard InChI is InChI=1S/C23H18BrN3O5/c24-15-7-5-13(6-8-15)16-9-10-17(31-16)19-18-20(23(30)26-22(18)29)32-27(19)11-12-1-3-14(4-2-12)21(25)28/h1-10,18-20H,11H2,(H2,25,28)(H,26,29,30). The molecule has 8 nitrogen and oxygen atoms in total. The van der Waals surface area contributed by atoms with Crippen LogP contribution in [0.15, 0.2) is 69.6 Å². The number of fused-ring (bicyclic) bond motifs is 1. The van der Waals surface area contributed by atoms with Gasteiger partial charge in [-0.05, 0) is 42.0 Å². The smallest absolute Gasteiger partial charge is 0.258 e. The Bertz CT molecular complexity index is 1210. The van der Waals surface area contributed by atoms with Gasteiger partial charge in [0.1, 0.15) is 23.5 Å². The number of carbonyl (C=O) groups is 3. The van der Waals surface area contributed by atoms with Gasteiger partial charge < -0.3 is 10.2 Å². The average molecular weight is 496 g/mol. The Labute approximate surface area is 191 Å². The zero-order valence-electron chi connectivity index (χ0n) is 16.7. The van der Waals surface area contributed by atoms with Crippen molar-refractivity contribution < 1.29 is 23.6 Å². The minimum atomic E-state index is -0.918. The summed E-state index contributed by atoms with van der Waals surface area (Å²) in [5.41, 5.74) is 7.41. The van der Waals surface area contributed by atoms with E-state index in [1.807, 2.05) is 30.3 Å². The molecular weight excluding hydrogens is 478 g/mol. The molecule has 162 valence electrons. The highest BCUT2D eigenvalue weighted by Gasteiger charge is 2.57. The number of nitrogens with two attached hydrogens (primary N) is 1. The maximum Gasteiger partial charge on any atom is 0.258 e. The molecule has 2 fully saturated rings. The van der Waals surface area contributed by atoms with E-state index in [2.05, 4.69) is 21.2 Å². The molecule has 2 aliphatic heterocycles. The fraction of sp³-hybridized carbons (Fsp3) is 0.174. The minimum absolute atomic E-state index is 0.283. The molecule has 2 aromatic carbocycles. The maximum atomic E-state index is 12.5. The van der Waals surface area contributed by atoms with Gasteiger partial charge in [0.2, 0.25) is 11.8 Å². The molecule has 0 aliphatic carbocycles. The maximum absolute atomic E-state index is 12.5. The lowest BCUT2D eigenvalue weighted by atomic mass is 9.94. The van der Waals surface area contributed by atoms with Crippen molar-refractivity contribution >= 4 is 33.7 Å². The van der Waals surface area contributed by atoms with Crippen molar-refractivity contribution in [2.45, 2.75) is 18.7 Å². The number of hydroxylamine groups is 2. The highest BCUT2D eigenvalue weighted by molar-refractivity contribution is 9.10. The van der Waals surface area contributed by atoms with Gasteiger partial charge in [-0.15, -0.1) is 0 Å². The zero-order valence-corrected chi connectivity index (χ0v) is 18.2. The summed E-state index contributed by atoms with van der Waals surface area (Å²) in [6, 6.07) is 17.5. The van der Waals surface area contributed by atoms with Gasteiger partial charge in [-0.3, -0.25) is 24.5 Å². The second kappa shape index (κ2) is 8.01. The Morgan fingerprint density at radius 3 is 2.41 bits per heavy atom. The minimum Gasteiger partial charge on any atom is -0.459 e. The van der Waals surface area contributed by atoms with Gasteiger partial charge >= 0.3 is 0 Å². The Balaban J connectivity index is 1.46. The van der Waals surface area contributed by atoms with E-state index in [1.165, 1.54) is 0 Å². The molecule has 5 rings (SSSR count). The van der Waals surface area contributed by atoms with Crippen LogP contribution in [0.1, 0.15) is 27.7 Å². The SMILES string of the molecule is NC(=O)c1ccc(CN2OC3C(=O)NC(=O)C3C2c2ccc(-c3ccc(Br)cc3)o2)cc1. The molecule has 32 heavy (non-hydrogen) atoms. The third-order valence-corrected chi connectivity index (χ3v) is 6.19. The quantitative estimate of drug-likeness (QED) is 0.525. The number of hydrogen-bond acceptors (Lipinski definition) is 6. The zero-order chi connectivity index (χ0) is 22.4. The fourth-order valence-corrected chi connectivity index (χ4v) is 4.34. The molecule has 1 aromatic heterocycles. The number of imide groups is 1. The summed E-state index contributed by atoms with van der Waals surface area (Å²) < 4.78 is 7.07. The van der Waals surface area contributed by atoms with Gasteiger partial charge in [0.15, 0.2) is 6.10 Å². The first-order valence-electron chi connectivity index (χ1n) is 9.93. The summed E-state index contributed by atoms with van der Waals surface area (Å²) in [6.07, 6.45) is -0.918. The number of nitrogens with zero attached hydrogens (tertiary/aromatic N) is 1. The Hall–Kier alpha value is -3.27. The highest BCUT2D eigenvalue weighted by Crippen LogP contribution is 2.44. The fourth-order valence-electron chi connectivity index (χ4n) is 4.08. The second-order valence-corrected chi connectivity index (χ2v) is 8.61. The third kappa shape index (κ3) is 3.64. The van der Waals surface area contributed by atoms with Crippen molar-refractivity contribution in [1.82, 2.24) is 10.4 Å². The van der Waals surface area contributed by atoms with Crippen LogP contribution >= 0.6 is 15.9 Å². The van der Waals surface area contributed by atoms with Crippen molar-refractivity contribution in [3.8, 4) is 11.3 Å². The van der Waals surface area contributed by atoms with Crippen LogP contribution in [-0.4, -0.2) is 28.9 Å². The molecule has 3 unspecified atom stereocenters. The summed E-state index contributed by atoms with van der Waals surface area (Å²) in [6.45, 7) is 0.283. The number of halogens is 1. The summed E-state index contributed by atoms with van der Waals surface area (Å²) in [5.74, 6) is -0.925. The van der Waals surface area contributed by atoms with Crippen molar-refractivity contribution in [3.05, 3.63) is 82.0 Å². The summed E-state index contributed by atoms with van der Waals surface area (Å²) in [7, 11) is 0. The van der Waals surface area contributed by atoms with E-state index in [0.717, 1.165) is 15.6 Å². The number of rotatable bonds is 5. The monoisotopic (exact) mass is 495 g/mol. The Morgan fingerprint density at radius 2 is 1.72 bits per heavy atom. The van der Waals surface area contributed by atoms with E-state index in [-0.39, 0.29) is 6.54 Å².